The Balaban J connectivity index is 1.29. The van der Waals surface area contributed by atoms with E-state index in [0.717, 1.165) is 66.5 Å². The molecule has 0 fully saturated rings. The molecule has 0 saturated heterocycles. The maximum atomic E-state index is 10.0. The summed E-state index contributed by atoms with van der Waals surface area (Å²) in [5.74, 6) is 0. The lowest BCUT2D eigenvalue weighted by atomic mass is 9.91. The number of para-hydroxylation sites is 4. The normalized spacial score (nSPS) is 11.3. The van der Waals surface area contributed by atoms with Gasteiger partial charge in [0.2, 0.25) is 0 Å². The van der Waals surface area contributed by atoms with E-state index < -0.39 is 0 Å². The molecule has 0 atom stereocenters. The summed E-state index contributed by atoms with van der Waals surface area (Å²) >= 11 is 0. The van der Waals surface area contributed by atoms with E-state index in [1.807, 2.05) is 30.3 Å². The van der Waals surface area contributed by atoms with Crippen LogP contribution < -0.4 is 0 Å². The Hall–Kier alpha value is -6.88. The minimum atomic E-state index is 0.604. The van der Waals surface area contributed by atoms with E-state index in [-0.39, 0.29) is 0 Å². The van der Waals surface area contributed by atoms with Crippen LogP contribution in [0.2, 0.25) is 0 Å². The summed E-state index contributed by atoms with van der Waals surface area (Å²) in [6.45, 7) is 7.66. The summed E-state index contributed by atoms with van der Waals surface area (Å²) in [6, 6.07) is 56.8. The molecule has 0 spiro atoms. The summed E-state index contributed by atoms with van der Waals surface area (Å²) < 4.78 is 4.59. The molecule has 0 aliphatic carbocycles. The van der Waals surface area contributed by atoms with E-state index in [1.165, 1.54) is 10.8 Å². The first kappa shape index (κ1) is 27.4. The minimum Gasteiger partial charge on any atom is -0.310 e. The highest BCUT2D eigenvalue weighted by Gasteiger charge is 2.19. The van der Waals surface area contributed by atoms with Crippen LogP contribution in [0.25, 0.3) is 82.1 Å². The summed E-state index contributed by atoms with van der Waals surface area (Å²) in [6.07, 6.45) is 0. The number of benzene rings is 7. The van der Waals surface area contributed by atoms with Gasteiger partial charge in [0.15, 0.2) is 5.69 Å². The van der Waals surface area contributed by atoms with Gasteiger partial charge in [-0.15, -0.1) is 0 Å². The molecule has 222 valence electrons. The van der Waals surface area contributed by atoms with Crippen molar-refractivity contribution in [3.05, 3.63) is 175 Å². The van der Waals surface area contributed by atoms with E-state index >= 15 is 0 Å². The first-order chi connectivity index (χ1) is 23.7. The molecule has 4 heteroatoms. The van der Waals surface area contributed by atoms with E-state index in [2.05, 4.69) is 147 Å². The van der Waals surface area contributed by atoms with Gasteiger partial charge in [-0.05, 0) is 71.3 Å². The van der Waals surface area contributed by atoms with Crippen molar-refractivity contribution in [1.82, 2.24) is 9.13 Å². The third-order valence-electron chi connectivity index (χ3n) is 9.37. The lowest BCUT2D eigenvalue weighted by molar-refractivity contribution is 1.18. The van der Waals surface area contributed by atoms with Crippen molar-refractivity contribution in [3.8, 4) is 39.7 Å². The Labute approximate surface area is 277 Å². The number of rotatable bonds is 4. The highest BCUT2D eigenvalue weighted by Crippen LogP contribution is 2.41. The quantitative estimate of drug-likeness (QED) is 0.183. The van der Waals surface area contributed by atoms with Crippen molar-refractivity contribution in [1.29, 1.82) is 5.26 Å². The smallest absolute Gasteiger partial charge is 0.189 e. The van der Waals surface area contributed by atoms with Gasteiger partial charge in [-0.1, -0.05) is 103 Å². The zero-order valence-electron chi connectivity index (χ0n) is 25.8. The predicted octanol–water partition coefficient (Wildman–Crippen LogP) is 11.6. The average molecular weight is 611 g/mol. The summed E-state index contributed by atoms with van der Waals surface area (Å²) in [5.41, 5.74) is 11.7. The average Bonchev–Trinajstić information content (AvgIpc) is 3.67. The number of hydrogen-bond donors (Lipinski definition) is 0. The molecular weight excluding hydrogens is 585 g/mol. The van der Waals surface area contributed by atoms with Crippen molar-refractivity contribution in [2.75, 3.05) is 0 Å². The molecule has 7 aromatic carbocycles. The molecule has 48 heavy (non-hydrogen) atoms. The van der Waals surface area contributed by atoms with Crippen LogP contribution in [-0.2, 0) is 0 Å². The van der Waals surface area contributed by atoms with Gasteiger partial charge in [-0.3, -0.25) is 0 Å². The third kappa shape index (κ3) is 4.14. The molecule has 4 nitrogen and oxygen atoms in total. The molecule has 0 bridgehead atoms. The molecule has 0 amide bonds. The van der Waals surface area contributed by atoms with Gasteiger partial charge >= 0.3 is 0 Å². The lowest BCUT2D eigenvalue weighted by Gasteiger charge is -2.18. The first-order valence-electron chi connectivity index (χ1n) is 15.9. The molecule has 0 saturated carbocycles. The van der Waals surface area contributed by atoms with Gasteiger partial charge in [-0.25, -0.2) is 4.85 Å². The van der Waals surface area contributed by atoms with Gasteiger partial charge in [0, 0.05) is 38.3 Å². The van der Waals surface area contributed by atoms with Crippen LogP contribution in [0.15, 0.2) is 158 Å². The fourth-order valence-electron chi connectivity index (χ4n) is 7.29. The number of hydrogen-bond acceptors (Lipinski definition) is 1. The van der Waals surface area contributed by atoms with Gasteiger partial charge in [0.25, 0.3) is 0 Å². The molecule has 0 aliphatic rings. The van der Waals surface area contributed by atoms with Crippen molar-refractivity contribution >= 4 is 49.3 Å². The second-order valence-corrected chi connectivity index (χ2v) is 12.0. The molecule has 9 aromatic rings. The molecule has 0 aliphatic heterocycles. The fourth-order valence-corrected chi connectivity index (χ4v) is 7.29. The zero-order valence-corrected chi connectivity index (χ0v) is 25.8. The second-order valence-electron chi connectivity index (χ2n) is 12.0. The lowest BCUT2D eigenvalue weighted by Crippen LogP contribution is -1.99. The largest absolute Gasteiger partial charge is 0.310 e. The molecule has 9 rings (SSSR count). The Morgan fingerprint density at radius 3 is 1.79 bits per heavy atom. The predicted molar refractivity (Wildman–Crippen MR) is 197 cm³/mol. The minimum absolute atomic E-state index is 0.604. The van der Waals surface area contributed by atoms with Crippen LogP contribution >= 0.6 is 0 Å². The molecule has 0 N–H and O–H groups in total. The summed E-state index contributed by atoms with van der Waals surface area (Å²) in [4.78, 5) is 3.73. The monoisotopic (exact) mass is 610 g/mol. The highest BCUT2D eigenvalue weighted by molar-refractivity contribution is 6.11. The molecule has 0 unspecified atom stereocenters. The van der Waals surface area contributed by atoms with Crippen LogP contribution in [0.1, 0.15) is 5.56 Å². The van der Waals surface area contributed by atoms with Crippen LogP contribution in [0.5, 0.6) is 0 Å². The molecule has 2 heterocycles. The third-order valence-corrected chi connectivity index (χ3v) is 9.37. The van der Waals surface area contributed by atoms with Crippen molar-refractivity contribution < 1.29 is 0 Å². The maximum Gasteiger partial charge on any atom is 0.189 e. The van der Waals surface area contributed by atoms with E-state index in [4.69, 9.17) is 6.57 Å². The van der Waals surface area contributed by atoms with Crippen LogP contribution in [0.4, 0.5) is 5.69 Å². The molecule has 2 aromatic heterocycles. The van der Waals surface area contributed by atoms with Crippen molar-refractivity contribution in [2.24, 2.45) is 0 Å². The fraction of sp³-hybridized carbons (Fsp3) is 0. The zero-order chi connectivity index (χ0) is 32.2. The standard InChI is InChI=1S/C44H26N4/c1-46-31-22-24-38-37-16-3-6-17-40(37)47(44(38)27-31)32-12-10-11-30(26-32)39-25-29(28-45)21-23-33(39)34-13-2-7-18-41(34)48-42-19-8-4-14-35(42)36-15-5-9-20-43(36)48/h2-27H. The Bertz CT molecular complexity index is 2760. The van der Waals surface area contributed by atoms with Crippen LogP contribution in [0.3, 0.4) is 0 Å². The number of nitriles is 1. The highest BCUT2D eigenvalue weighted by atomic mass is 15.0. The molecule has 0 radical (unpaired) electrons. The number of fused-ring (bicyclic) bond motifs is 6. The molecular formula is C44H26N4. The van der Waals surface area contributed by atoms with Gasteiger partial charge in [-0.2, -0.15) is 5.26 Å². The summed E-state index contributed by atoms with van der Waals surface area (Å²) in [7, 11) is 0. The first-order valence-corrected chi connectivity index (χ1v) is 15.9. The van der Waals surface area contributed by atoms with Gasteiger partial charge in [0.05, 0.1) is 40.4 Å². The Kier molecular flexibility index (Phi) is 6.22. The van der Waals surface area contributed by atoms with Gasteiger partial charge in [0.1, 0.15) is 0 Å². The van der Waals surface area contributed by atoms with Crippen molar-refractivity contribution in [2.45, 2.75) is 0 Å². The van der Waals surface area contributed by atoms with E-state index in [0.29, 0.717) is 11.3 Å². The SMILES string of the molecule is [C-]#[N+]c1ccc2c3ccccc3n(-c3cccc(-c4cc(C#N)ccc4-c4ccccc4-n4c5ccccc5c5ccccc54)c3)c2c1. The Morgan fingerprint density at radius 2 is 1.10 bits per heavy atom. The maximum absolute atomic E-state index is 10.0. The second kappa shape index (κ2) is 10.9. The summed E-state index contributed by atoms with van der Waals surface area (Å²) in [5, 5.41) is 14.7. The van der Waals surface area contributed by atoms with E-state index in [9.17, 15) is 5.26 Å². The van der Waals surface area contributed by atoms with Crippen molar-refractivity contribution in [3.63, 3.8) is 0 Å². The van der Waals surface area contributed by atoms with Gasteiger partial charge < -0.3 is 9.13 Å². The van der Waals surface area contributed by atoms with Crippen LogP contribution in [-0.4, -0.2) is 9.13 Å². The Morgan fingerprint density at radius 1 is 0.479 bits per heavy atom. The van der Waals surface area contributed by atoms with Crippen LogP contribution in [0, 0.1) is 17.9 Å². The topological polar surface area (TPSA) is 38.0 Å². The van der Waals surface area contributed by atoms with E-state index in [1.54, 1.807) is 0 Å². The number of nitrogens with zero attached hydrogens (tertiary/aromatic N) is 4. The number of aromatic nitrogens is 2.